The van der Waals surface area contributed by atoms with Crippen LogP contribution in [0.2, 0.25) is 0 Å². The molecule has 0 atom stereocenters. The fourth-order valence-corrected chi connectivity index (χ4v) is 1.49. The highest BCUT2D eigenvalue weighted by Gasteiger charge is 2.10. The topological polar surface area (TPSA) is 52.9 Å². The molecule has 0 saturated heterocycles. The molecule has 1 aromatic carbocycles. The number of rotatable bonds is 5. The number of carbonyl (C=O) groups is 1. The summed E-state index contributed by atoms with van der Waals surface area (Å²) in [5, 5.41) is 11.3. The van der Waals surface area contributed by atoms with Crippen molar-refractivity contribution < 1.29 is 9.18 Å². The van der Waals surface area contributed by atoms with Gasteiger partial charge in [-0.25, -0.2) is 4.39 Å². The second-order valence-corrected chi connectivity index (χ2v) is 3.78. The summed E-state index contributed by atoms with van der Waals surface area (Å²) in [6.45, 7) is 2.05. The van der Waals surface area contributed by atoms with Gasteiger partial charge in [0.1, 0.15) is 17.4 Å². The first-order valence-corrected chi connectivity index (χ1v) is 5.67. The van der Waals surface area contributed by atoms with Crippen molar-refractivity contribution in [2.45, 2.75) is 32.6 Å². The Morgan fingerprint density at radius 3 is 2.88 bits per heavy atom. The molecule has 0 aromatic heterocycles. The number of anilines is 1. The van der Waals surface area contributed by atoms with Gasteiger partial charge in [0.2, 0.25) is 5.91 Å². The lowest BCUT2D eigenvalue weighted by atomic mass is 10.1. The van der Waals surface area contributed by atoms with E-state index in [9.17, 15) is 9.18 Å². The predicted molar refractivity (Wildman–Crippen MR) is 63.9 cm³/mol. The molecule has 0 aliphatic rings. The van der Waals surface area contributed by atoms with Crippen LogP contribution in [0.3, 0.4) is 0 Å². The highest BCUT2D eigenvalue weighted by molar-refractivity contribution is 5.92. The minimum Gasteiger partial charge on any atom is -0.325 e. The summed E-state index contributed by atoms with van der Waals surface area (Å²) in [4.78, 5) is 11.5. The fraction of sp³-hybridized carbons (Fsp3) is 0.385. The molecule has 0 heterocycles. The van der Waals surface area contributed by atoms with Crippen molar-refractivity contribution in [1.29, 1.82) is 5.26 Å². The van der Waals surface area contributed by atoms with Gasteiger partial charge >= 0.3 is 0 Å². The second-order valence-electron chi connectivity index (χ2n) is 3.78. The van der Waals surface area contributed by atoms with E-state index in [0.717, 1.165) is 19.3 Å². The summed E-state index contributed by atoms with van der Waals surface area (Å²) in [5.41, 5.74) is 0.130. The highest BCUT2D eigenvalue weighted by atomic mass is 19.1. The van der Waals surface area contributed by atoms with Gasteiger partial charge in [0, 0.05) is 6.42 Å². The minimum absolute atomic E-state index is 0.114. The number of nitrogens with one attached hydrogen (secondary N) is 1. The van der Waals surface area contributed by atoms with Crippen molar-refractivity contribution >= 4 is 11.6 Å². The molecular formula is C13H15FN2O. The molecule has 3 nitrogen and oxygen atoms in total. The Morgan fingerprint density at radius 1 is 1.47 bits per heavy atom. The monoisotopic (exact) mass is 234 g/mol. The molecule has 0 saturated carbocycles. The normalized spacial score (nSPS) is 9.71. The average Bonchev–Trinajstić information content (AvgIpc) is 2.29. The molecule has 1 amide bonds. The number of nitrogens with zero attached hydrogens (tertiary/aromatic N) is 1. The molecule has 0 unspecified atom stereocenters. The average molecular weight is 234 g/mol. The van der Waals surface area contributed by atoms with Crippen LogP contribution < -0.4 is 5.32 Å². The maximum atomic E-state index is 13.2. The standard InChI is InChI=1S/C13H15FN2O/c1-2-3-4-8-13(17)16-12-7-5-6-11(14)10(12)9-15/h5-7H,2-4,8H2,1H3,(H,16,17). The first-order chi connectivity index (χ1) is 8.19. The van der Waals surface area contributed by atoms with Crippen molar-refractivity contribution in [3.8, 4) is 6.07 Å². The number of unbranched alkanes of at least 4 members (excludes halogenated alkanes) is 2. The zero-order chi connectivity index (χ0) is 12.7. The van der Waals surface area contributed by atoms with Crippen LogP contribution in [0.15, 0.2) is 18.2 Å². The van der Waals surface area contributed by atoms with Crippen molar-refractivity contribution in [1.82, 2.24) is 0 Å². The van der Waals surface area contributed by atoms with Crippen LogP contribution in [-0.4, -0.2) is 5.91 Å². The van der Waals surface area contributed by atoms with Crippen LogP contribution in [-0.2, 0) is 4.79 Å². The molecular weight excluding hydrogens is 219 g/mol. The SMILES string of the molecule is CCCCCC(=O)Nc1cccc(F)c1C#N. The summed E-state index contributed by atoms with van der Waals surface area (Å²) in [5.74, 6) is -0.792. The summed E-state index contributed by atoms with van der Waals surface area (Å²) >= 11 is 0. The van der Waals surface area contributed by atoms with E-state index in [4.69, 9.17) is 5.26 Å². The van der Waals surface area contributed by atoms with E-state index in [1.807, 2.05) is 0 Å². The molecule has 4 heteroatoms. The third-order valence-corrected chi connectivity index (χ3v) is 2.41. The largest absolute Gasteiger partial charge is 0.325 e. The van der Waals surface area contributed by atoms with Gasteiger partial charge in [-0.1, -0.05) is 25.8 Å². The molecule has 90 valence electrons. The first kappa shape index (κ1) is 13.2. The number of halogens is 1. The third-order valence-electron chi connectivity index (χ3n) is 2.41. The van der Waals surface area contributed by atoms with Crippen molar-refractivity contribution in [2.24, 2.45) is 0 Å². The number of amides is 1. The summed E-state index contributed by atoms with van der Waals surface area (Å²) < 4.78 is 13.2. The fourth-order valence-electron chi connectivity index (χ4n) is 1.49. The molecule has 1 aromatic rings. The van der Waals surface area contributed by atoms with Crippen molar-refractivity contribution in [2.75, 3.05) is 5.32 Å². The van der Waals surface area contributed by atoms with Gasteiger partial charge < -0.3 is 5.32 Å². The highest BCUT2D eigenvalue weighted by Crippen LogP contribution is 2.18. The van der Waals surface area contributed by atoms with Crippen molar-refractivity contribution in [3.05, 3.63) is 29.6 Å². The van der Waals surface area contributed by atoms with E-state index >= 15 is 0 Å². The Balaban J connectivity index is 2.66. The molecule has 1 rings (SSSR count). The van der Waals surface area contributed by atoms with Crippen LogP contribution in [0.25, 0.3) is 0 Å². The first-order valence-electron chi connectivity index (χ1n) is 5.67. The van der Waals surface area contributed by atoms with Gasteiger partial charge in [0.05, 0.1) is 5.69 Å². The quantitative estimate of drug-likeness (QED) is 0.795. The van der Waals surface area contributed by atoms with E-state index in [2.05, 4.69) is 12.2 Å². The van der Waals surface area contributed by atoms with Crippen LogP contribution in [0.1, 0.15) is 38.2 Å². The zero-order valence-corrected chi connectivity index (χ0v) is 9.79. The molecule has 0 aliphatic carbocycles. The van der Waals surface area contributed by atoms with Crippen LogP contribution in [0.5, 0.6) is 0 Å². The van der Waals surface area contributed by atoms with Crippen LogP contribution in [0.4, 0.5) is 10.1 Å². The molecule has 0 fully saturated rings. The van der Waals surface area contributed by atoms with Gasteiger partial charge in [-0.2, -0.15) is 5.26 Å². The smallest absolute Gasteiger partial charge is 0.224 e. The maximum Gasteiger partial charge on any atom is 0.224 e. The minimum atomic E-state index is -0.612. The molecule has 0 radical (unpaired) electrons. The summed E-state index contributed by atoms with van der Waals surface area (Å²) in [6.07, 6.45) is 3.23. The Labute approximate surface area is 100 Å². The number of benzene rings is 1. The van der Waals surface area contributed by atoms with Gasteiger partial charge in [-0.3, -0.25) is 4.79 Å². The molecule has 0 aliphatic heterocycles. The lowest BCUT2D eigenvalue weighted by Crippen LogP contribution is -2.12. The Kier molecular flexibility index (Phi) is 5.15. The Hall–Kier alpha value is -1.89. The number of nitriles is 1. The molecule has 1 N–H and O–H groups in total. The lowest BCUT2D eigenvalue weighted by molar-refractivity contribution is -0.116. The van der Waals surface area contributed by atoms with Gasteiger partial charge in [-0.15, -0.1) is 0 Å². The molecule has 0 spiro atoms. The van der Waals surface area contributed by atoms with Gasteiger partial charge in [0.25, 0.3) is 0 Å². The Bertz CT molecular complexity index is 438. The molecule has 0 bridgehead atoms. The number of hydrogen-bond donors (Lipinski definition) is 1. The van der Waals surface area contributed by atoms with Crippen LogP contribution in [0, 0.1) is 17.1 Å². The number of hydrogen-bond acceptors (Lipinski definition) is 2. The van der Waals surface area contributed by atoms with Gasteiger partial charge in [0.15, 0.2) is 0 Å². The Morgan fingerprint density at radius 2 is 2.24 bits per heavy atom. The summed E-state index contributed by atoms with van der Waals surface area (Å²) in [7, 11) is 0. The summed E-state index contributed by atoms with van der Waals surface area (Å²) in [6, 6.07) is 5.94. The maximum absolute atomic E-state index is 13.2. The van der Waals surface area contributed by atoms with E-state index in [1.54, 1.807) is 6.07 Å². The van der Waals surface area contributed by atoms with E-state index in [0.29, 0.717) is 6.42 Å². The molecule has 17 heavy (non-hydrogen) atoms. The number of carbonyl (C=O) groups excluding carboxylic acids is 1. The third kappa shape index (κ3) is 3.87. The van der Waals surface area contributed by atoms with E-state index in [1.165, 1.54) is 18.2 Å². The van der Waals surface area contributed by atoms with E-state index < -0.39 is 5.82 Å². The van der Waals surface area contributed by atoms with E-state index in [-0.39, 0.29) is 17.2 Å². The van der Waals surface area contributed by atoms with Gasteiger partial charge in [-0.05, 0) is 18.6 Å². The van der Waals surface area contributed by atoms with Crippen molar-refractivity contribution in [3.63, 3.8) is 0 Å². The second kappa shape index (κ2) is 6.64. The predicted octanol–water partition coefficient (Wildman–Crippen LogP) is 3.22. The van der Waals surface area contributed by atoms with Crippen LogP contribution >= 0.6 is 0 Å². The zero-order valence-electron chi connectivity index (χ0n) is 9.79. The lowest BCUT2D eigenvalue weighted by Gasteiger charge is -2.07.